The van der Waals surface area contributed by atoms with Crippen molar-refractivity contribution in [1.82, 2.24) is 4.90 Å². The number of carbonyl (C=O) groups excluding carboxylic acids is 1. The molecule has 2 aromatic carbocycles. The first-order chi connectivity index (χ1) is 15.4. The van der Waals surface area contributed by atoms with E-state index in [2.05, 4.69) is 4.90 Å². The highest BCUT2D eigenvalue weighted by atomic mass is 32.2. The van der Waals surface area contributed by atoms with Crippen LogP contribution in [0, 0.1) is 17.0 Å². The van der Waals surface area contributed by atoms with Crippen LogP contribution in [0.1, 0.15) is 21.9 Å². The van der Waals surface area contributed by atoms with Crippen molar-refractivity contribution in [3.05, 3.63) is 87.9 Å². The number of rotatable bonds is 6. The van der Waals surface area contributed by atoms with Gasteiger partial charge >= 0.3 is 0 Å². The lowest BCUT2D eigenvalue weighted by molar-refractivity contribution is -0.384. The molecule has 2 heterocycles. The van der Waals surface area contributed by atoms with Gasteiger partial charge in [0.25, 0.3) is 11.6 Å². The molecule has 1 aliphatic rings. The van der Waals surface area contributed by atoms with Gasteiger partial charge in [-0.1, -0.05) is 12.1 Å². The third kappa shape index (κ3) is 4.88. The fourth-order valence-corrected chi connectivity index (χ4v) is 4.78. The molecule has 1 saturated heterocycles. The Labute approximate surface area is 188 Å². The molecule has 0 radical (unpaired) electrons. The molecule has 4 rings (SSSR count). The van der Waals surface area contributed by atoms with E-state index in [1.54, 1.807) is 29.2 Å². The first kappa shape index (κ1) is 21.8. The Hall–Kier alpha value is -3.46. The van der Waals surface area contributed by atoms with Crippen molar-refractivity contribution in [3.8, 4) is 0 Å². The molecule has 0 N–H and O–H groups in total. The third-order valence-corrected chi connectivity index (χ3v) is 6.72. The van der Waals surface area contributed by atoms with E-state index in [1.807, 2.05) is 31.2 Å². The number of hydrogen-bond donors (Lipinski definition) is 0. The Balaban J connectivity index is 1.34. The van der Waals surface area contributed by atoms with Crippen LogP contribution in [-0.2, 0) is 16.6 Å². The molecular formula is C23H23N3O5S. The third-order valence-electron chi connectivity index (χ3n) is 5.39. The number of carbonyl (C=O) groups is 1. The van der Waals surface area contributed by atoms with Crippen molar-refractivity contribution in [2.45, 2.75) is 17.6 Å². The number of non-ortho nitro benzene ring substituents is 1. The average Bonchev–Trinajstić information content (AvgIpc) is 3.27. The van der Waals surface area contributed by atoms with E-state index in [1.165, 1.54) is 12.1 Å². The lowest BCUT2D eigenvalue weighted by atomic mass is 10.2. The predicted octanol–water partition coefficient (Wildman–Crippen LogP) is 3.77. The van der Waals surface area contributed by atoms with Crippen LogP contribution in [0.5, 0.6) is 0 Å². The van der Waals surface area contributed by atoms with Gasteiger partial charge in [-0.25, -0.2) is 0 Å². The smallest absolute Gasteiger partial charge is 0.289 e. The van der Waals surface area contributed by atoms with Gasteiger partial charge < -0.3 is 14.2 Å². The van der Waals surface area contributed by atoms with Crippen molar-refractivity contribution in [3.63, 3.8) is 0 Å². The van der Waals surface area contributed by atoms with Gasteiger partial charge in [-0.2, -0.15) is 0 Å². The standard InChI is InChI=1S/C23H23N3O5S/c1-17-3-2-4-21(15-17)32(30)16-20-9-10-22(31-20)23(27)25-13-11-24(12-14-25)18-5-7-19(8-6-18)26(28)29/h2-10,15H,11-14,16H2,1H3. The molecule has 9 heteroatoms. The minimum Gasteiger partial charge on any atom is -0.455 e. The number of piperazine rings is 1. The molecule has 32 heavy (non-hydrogen) atoms. The number of nitrogens with zero attached hydrogens (tertiary/aromatic N) is 3. The number of amides is 1. The number of aryl methyl sites for hydroxylation is 1. The van der Waals surface area contributed by atoms with Gasteiger partial charge in [0.15, 0.2) is 5.76 Å². The highest BCUT2D eigenvalue weighted by Gasteiger charge is 2.25. The highest BCUT2D eigenvalue weighted by molar-refractivity contribution is 7.84. The maximum absolute atomic E-state index is 12.8. The Morgan fingerprint density at radius 1 is 1.06 bits per heavy atom. The summed E-state index contributed by atoms with van der Waals surface area (Å²) in [5.41, 5.74) is 1.99. The zero-order valence-corrected chi connectivity index (χ0v) is 18.4. The van der Waals surface area contributed by atoms with Crippen LogP contribution in [0.25, 0.3) is 0 Å². The van der Waals surface area contributed by atoms with Gasteiger partial charge in [0.1, 0.15) is 5.76 Å². The number of hydrogen-bond acceptors (Lipinski definition) is 6. The van der Waals surface area contributed by atoms with Crippen LogP contribution in [-0.4, -0.2) is 46.1 Å². The van der Waals surface area contributed by atoms with Crippen LogP contribution in [0.15, 0.2) is 70.0 Å². The molecule has 0 aliphatic carbocycles. The molecule has 0 spiro atoms. The second kappa shape index (κ2) is 9.35. The maximum atomic E-state index is 12.8. The molecule has 1 aromatic heterocycles. The molecular weight excluding hydrogens is 430 g/mol. The van der Waals surface area contributed by atoms with Crippen LogP contribution >= 0.6 is 0 Å². The molecule has 166 valence electrons. The van der Waals surface area contributed by atoms with E-state index in [4.69, 9.17) is 4.42 Å². The van der Waals surface area contributed by atoms with Gasteiger partial charge in [-0.05, 0) is 48.9 Å². The topological polar surface area (TPSA) is 96.9 Å². The number of nitro groups is 1. The summed E-state index contributed by atoms with van der Waals surface area (Å²) in [4.78, 5) is 27.8. The summed E-state index contributed by atoms with van der Waals surface area (Å²) >= 11 is 0. The summed E-state index contributed by atoms with van der Waals surface area (Å²) in [6.45, 7) is 4.22. The second-order valence-electron chi connectivity index (χ2n) is 7.63. The minimum absolute atomic E-state index is 0.0551. The Bertz CT molecular complexity index is 1150. The van der Waals surface area contributed by atoms with Crippen LogP contribution in [0.4, 0.5) is 11.4 Å². The normalized spacial score (nSPS) is 14.9. The van der Waals surface area contributed by atoms with E-state index in [0.29, 0.717) is 31.9 Å². The number of anilines is 1. The molecule has 0 bridgehead atoms. The molecule has 3 aromatic rings. The summed E-state index contributed by atoms with van der Waals surface area (Å²) in [6, 6.07) is 17.3. The Kier molecular flexibility index (Phi) is 6.36. The van der Waals surface area contributed by atoms with Crippen LogP contribution < -0.4 is 4.90 Å². The summed E-state index contributed by atoms with van der Waals surface area (Å²) in [5, 5.41) is 10.8. The first-order valence-corrected chi connectivity index (χ1v) is 11.5. The monoisotopic (exact) mass is 453 g/mol. The summed E-state index contributed by atoms with van der Waals surface area (Å²) < 4.78 is 18.3. The van der Waals surface area contributed by atoms with Gasteiger partial charge in [0.05, 0.1) is 21.5 Å². The van der Waals surface area contributed by atoms with E-state index in [-0.39, 0.29) is 23.1 Å². The first-order valence-electron chi connectivity index (χ1n) is 10.2. The zero-order chi connectivity index (χ0) is 22.7. The molecule has 1 unspecified atom stereocenters. The summed E-state index contributed by atoms with van der Waals surface area (Å²) in [5.74, 6) is 0.772. The van der Waals surface area contributed by atoms with Gasteiger partial charge in [-0.15, -0.1) is 0 Å². The lowest BCUT2D eigenvalue weighted by Crippen LogP contribution is -2.48. The van der Waals surface area contributed by atoms with Crippen LogP contribution in [0.3, 0.4) is 0 Å². The average molecular weight is 454 g/mol. The van der Waals surface area contributed by atoms with Crippen LogP contribution in [0.2, 0.25) is 0 Å². The van der Waals surface area contributed by atoms with E-state index >= 15 is 0 Å². The molecule has 8 nitrogen and oxygen atoms in total. The molecule has 0 saturated carbocycles. The highest BCUT2D eigenvalue weighted by Crippen LogP contribution is 2.22. The zero-order valence-electron chi connectivity index (χ0n) is 17.6. The molecule has 1 aliphatic heterocycles. The number of benzene rings is 2. The summed E-state index contributed by atoms with van der Waals surface area (Å²) in [7, 11) is -1.25. The predicted molar refractivity (Wildman–Crippen MR) is 121 cm³/mol. The van der Waals surface area contributed by atoms with Crippen molar-refractivity contribution < 1.29 is 18.3 Å². The van der Waals surface area contributed by atoms with Gasteiger partial charge in [0, 0.05) is 48.9 Å². The minimum atomic E-state index is -1.25. The van der Waals surface area contributed by atoms with Gasteiger partial charge in [-0.3, -0.25) is 19.1 Å². The Morgan fingerprint density at radius 3 is 2.44 bits per heavy atom. The number of furan rings is 1. The quantitative estimate of drug-likeness (QED) is 0.416. The Morgan fingerprint density at radius 2 is 1.78 bits per heavy atom. The van der Waals surface area contributed by atoms with Crippen molar-refractivity contribution >= 4 is 28.1 Å². The summed E-state index contributed by atoms with van der Waals surface area (Å²) in [6.07, 6.45) is 0. The van der Waals surface area contributed by atoms with E-state index < -0.39 is 15.7 Å². The maximum Gasteiger partial charge on any atom is 0.289 e. The van der Waals surface area contributed by atoms with Crippen molar-refractivity contribution in [1.29, 1.82) is 0 Å². The fraction of sp³-hybridized carbons (Fsp3) is 0.261. The van der Waals surface area contributed by atoms with E-state index in [9.17, 15) is 19.1 Å². The van der Waals surface area contributed by atoms with Crippen molar-refractivity contribution in [2.75, 3.05) is 31.1 Å². The largest absolute Gasteiger partial charge is 0.455 e. The second-order valence-corrected chi connectivity index (χ2v) is 9.08. The molecule has 1 atom stereocenters. The number of nitro benzene ring substituents is 1. The van der Waals surface area contributed by atoms with Gasteiger partial charge in [0.2, 0.25) is 0 Å². The lowest BCUT2D eigenvalue weighted by Gasteiger charge is -2.35. The molecule has 1 amide bonds. The van der Waals surface area contributed by atoms with E-state index in [0.717, 1.165) is 16.1 Å². The molecule has 1 fully saturated rings. The fourth-order valence-electron chi connectivity index (χ4n) is 3.65. The van der Waals surface area contributed by atoms with Crippen molar-refractivity contribution in [2.24, 2.45) is 0 Å². The SMILES string of the molecule is Cc1cccc(S(=O)Cc2ccc(C(=O)N3CCN(c4ccc([N+](=O)[O-])cc4)CC3)o2)c1.